The van der Waals surface area contributed by atoms with Crippen molar-refractivity contribution in [3.8, 4) is 17.1 Å². The summed E-state index contributed by atoms with van der Waals surface area (Å²) in [4.78, 5) is 23.0. The summed E-state index contributed by atoms with van der Waals surface area (Å²) in [5.41, 5.74) is 0.299. The molecule has 3 aromatic rings. The molecule has 1 aromatic heterocycles. The highest BCUT2D eigenvalue weighted by molar-refractivity contribution is 5.90. The Morgan fingerprint density at radius 2 is 1.94 bits per heavy atom. The number of benzene rings is 2. The third-order valence-corrected chi connectivity index (χ3v) is 6.13. The van der Waals surface area contributed by atoms with Crippen LogP contribution < -0.4 is 4.74 Å². The number of aliphatic imine (C=N–C) groups is 1. The summed E-state index contributed by atoms with van der Waals surface area (Å²) in [6, 6.07) is 12.1. The Balaban J connectivity index is 1.47. The molecule has 1 aliphatic rings. The Labute approximate surface area is 212 Å². The van der Waals surface area contributed by atoms with E-state index in [4.69, 9.17) is 19.0 Å². The van der Waals surface area contributed by atoms with Crippen molar-refractivity contribution in [3.05, 3.63) is 42.3 Å². The van der Waals surface area contributed by atoms with Gasteiger partial charge >= 0.3 is 6.09 Å². The second-order valence-corrected chi connectivity index (χ2v) is 10.2. The summed E-state index contributed by atoms with van der Waals surface area (Å²) in [6.45, 7) is 11.0. The fourth-order valence-corrected chi connectivity index (χ4v) is 4.37. The van der Waals surface area contributed by atoms with Crippen molar-refractivity contribution in [3.63, 3.8) is 0 Å². The zero-order chi connectivity index (χ0) is 25.7. The van der Waals surface area contributed by atoms with Gasteiger partial charge in [0.05, 0.1) is 6.61 Å². The molecule has 4 rings (SSSR count). The molecule has 8 nitrogen and oxygen atoms in total. The first-order valence-electron chi connectivity index (χ1n) is 12.8. The summed E-state index contributed by atoms with van der Waals surface area (Å²) in [5, 5.41) is 6.44. The molecule has 0 spiro atoms. The Morgan fingerprint density at radius 3 is 2.72 bits per heavy atom. The van der Waals surface area contributed by atoms with Crippen molar-refractivity contribution in [2.45, 2.75) is 78.4 Å². The Morgan fingerprint density at radius 1 is 1.17 bits per heavy atom. The van der Waals surface area contributed by atoms with Crippen molar-refractivity contribution in [2.24, 2.45) is 4.99 Å². The smallest absolute Gasteiger partial charge is 0.435 e. The SMILES string of the molecule is CCCCCOc1ccc2cc(-c3noc([C@@H]4CCCN4/C(C)=N/C(=O)OC(C)(C)C)n3)ccc2c1. The summed E-state index contributed by atoms with van der Waals surface area (Å²) < 4.78 is 16.9. The van der Waals surface area contributed by atoms with Crippen LogP contribution in [0.25, 0.3) is 22.2 Å². The fourth-order valence-electron chi connectivity index (χ4n) is 4.37. The average Bonchev–Trinajstić information content (AvgIpc) is 3.50. The van der Waals surface area contributed by atoms with Crippen molar-refractivity contribution in [2.75, 3.05) is 13.2 Å². The van der Waals surface area contributed by atoms with Crippen LogP contribution in [0.3, 0.4) is 0 Å². The van der Waals surface area contributed by atoms with E-state index in [1.54, 1.807) is 0 Å². The number of nitrogens with zero attached hydrogens (tertiary/aromatic N) is 4. The van der Waals surface area contributed by atoms with Crippen LogP contribution in [0, 0.1) is 0 Å². The highest BCUT2D eigenvalue weighted by Crippen LogP contribution is 2.33. The first kappa shape index (κ1) is 25.7. The molecule has 1 saturated heterocycles. The molecule has 1 atom stereocenters. The van der Waals surface area contributed by atoms with E-state index in [9.17, 15) is 4.79 Å². The minimum Gasteiger partial charge on any atom is -0.494 e. The van der Waals surface area contributed by atoms with Crippen LogP contribution in [0.4, 0.5) is 4.79 Å². The lowest BCUT2D eigenvalue weighted by atomic mass is 10.1. The van der Waals surface area contributed by atoms with Gasteiger partial charge in [-0.1, -0.05) is 43.1 Å². The molecular weight excluding hydrogens is 456 g/mol. The van der Waals surface area contributed by atoms with Crippen LogP contribution in [-0.4, -0.2) is 45.7 Å². The van der Waals surface area contributed by atoms with Gasteiger partial charge in [0, 0.05) is 12.1 Å². The lowest BCUT2D eigenvalue weighted by Crippen LogP contribution is -2.30. The van der Waals surface area contributed by atoms with Gasteiger partial charge in [0.1, 0.15) is 23.2 Å². The first-order chi connectivity index (χ1) is 17.2. The predicted octanol–water partition coefficient (Wildman–Crippen LogP) is 6.95. The van der Waals surface area contributed by atoms with Crippen LogP contribution in [0.1, 0.15) is 78.7 Å². The molecule has 2 aromatic carbocycles. The highest BCUT2D eigenvalue weighted by Gasteiger charge is 2.32. The molecule has 0 unspecified atom stereocenters. The normalized spacial score (nSPS) is 16.5. The number of carbonyl (C=O) groups is 1. The first-order valence-corrected chi connectivity index (χ1v) is 12.8. The number of amidine groups is 1. The van der Waals surface area contributed by atoms with Crippen molar-refractivity contribution in [1.29, 1.82) is 0 Å². The molecule has 192 valence electrons. The van der Waals surface area contributed by atoms with E-state index < -0.39 is 11.7 Å². The number of hydrogen-bond donors (Lipinski definition) is 0. The van der Waals surface area contributed by atoms with E-state index in [1.165, 1.54) is 12.8 Å². The molecule has 0 radical (unpaired) electrons. The zero-order valence-corrected chi connectivity index (χ0v) is 21.9. The molecule has 1 aliphatic heterocycles. The molecule has 1 fully saturated rings. The maximum Gasteiger partial charge on any atom is 0.435 e. The monoisotopic (exact) mass is 492 g/mol. The third-order valence-electron chi connectivity index (χ3n) is 6.13. The maximum absolute atomic E-state index is 12.2. The number of likely N-dealkylation sites (tertiary alicyclic amines) is 1. The minimum atomic E-state index is -0.595. The minimum absolute atomic E-state index is 0.120. The summed E-state index contributed by atoms with van der Waals surface area (Å²) in [5.74, 6) is 2.54. The van der Waals surface area contributed by atoms with Crippen molar-refractivity contribution in [1.82, 2.24) is 15.0 Å². The van der Waals surface area contributed by atoms with Crippen LogP contribution in [0.15, 0.2) is 45.9 Å². The van der Waals surface area contributed by atoms with E-state index in [0.717, 1.165) is 54.5 Å². The highest BCUT2D eigenvalue weighted by atomic mass is 16.6. The van der Waals surface area contributed by atoms with Crippen molar-refractivity contribution >= 4 is 22.7 Å². The molecule has 0 N–H and O–H groups in total. The lowest BCUT2D eigenvalue weighted by molar-refractivity contribution is 0.0601. The number of carbonyl (C=O) groups excluding carboxylic acids is 1. The van der Waals surface area contributed by atoms with E-state index in [2.05, 4.69) is 41.3 Å². The molecule has 2 heterocycles. The van der Waals surface area contributed by atoms with Gasteiger partial charge in [0.15, 0.2) is 0 Å². The number of unbranched alkanes of at least 4 members (excludes halogenated alkanes) is 2. The Kier molecular flexibility index (Phi) is 7.91. The van der Waals surface area contributed by atoms with E-state index in [1.807, 2.05) is 44.7 Å². The van der Waals surface area contributed by atoms with Gasteiger partial charge in [0.2, 0.25) is 11.7 Å². The molecule has 36 heavy (non-hydrogen) atoms. The largest absolute Gasteiger partial charge is 0.494 e. The number of fused-ring (bicyclic) bond motifs is 1. The van der Waals surface area contributed by atoms with E-state index in [0.29, 0.717) is 17.6 Å². The van der Waals surface area contributed by atoms with Gasteiger partial charge in [-0.2, -0.15) is 9.98 Å². The van der Waals surface area contributed by atoms with E-state index in [-0.39, 0.29) is 6.04 Å². The number of hydrogen-bond acceptors (Lipinski definition) is 6. The topological polar surface area (TPSA) is 90.1 Å². The standard InChI is InChI=1S/C28H36N4O4/c1-6-7-8-16-34-23-14-13-20-17-22(12-11-21(20)18-23)25-30-26(36-31-25)24-10-9-15-32(24)19(2)29-27(33)35-28(3,4)5/h11-14,17-18,24H,6-10,15-16H2,1-5H3/b29-19+/t24-/m0/s1. The second-order valence-electron chi connectivity index (χ2n) is 10.2. The van der Waals surface area contributed by atoms with Crippen LogP contribution in [0.2, 0.25) is 0 Å². The molecule has 8 heteroatoms. The number of ether oxygens (including phenoxy) is 2. The zero-order valence-electron chi connectivity index (χ0n) is 21.9. The third kappa shape index (κ3) is 6.42. The van der Waals surface area contributed by atoms with Gasteiger partial charge in [-0.15, -0.1) is 0 Å². The van der Waals surface area contributed by atoms with Crippen molar-refractivity contribution < 1.29 is 18.8 Å². The fraction of sp³-hybridized carbons (Fsp3) is 0.500. The summed E-state index contributed by atoms with van der Waals surface area (Å²) >= 11 is 0. The summed E-state index contributed by atoms with van der Waals surface area (Å²) in [6.07, 6.45) is 4.63. The Bertz CT molecular complexity index is 1230. The van der Waals surface area contributed by atoms with Gasteiger partial charge in [-0.3, -0.25) is 0 Å². The van der Waals surface area contributed by atoms with Crippen LogP contribution >= 0.6 is 0 Å². The van der Waals surface area contributed by atoms with Crippen LogP contribution in [0.5, 0.6) is 5.75 Å². The molecular formula is C28H36N4O4. The van der Waals surface area contributed by atoms with Gasteiger partial charge in [-0.05, 0) is 75.9 Å². The quantitative estimate of drug-likeness (QED) is 0.200. The average molecular weight is 493 g/mol. The van der Waals surface area contributed by atoms with Crippen LogP contribution in [-0.2, 0) is 4.74 Å². The maximum atomic E-state index is 12.2. The predicted molar refractivity (Wildman–Crippen MR) is 140 cm³/mol. The second kappa shape index (κ2) is 11.1. The summed E-state index contributed by atoms with van der Waals surface area (Å²) in [7, 11) is 0. The Hall–Kier alpha value is -3.42. The number of aromatic nitrogens is 2. The number of rotatable bonds is 7. The molecule has 0 aliphatic carbocycles. The van der Waals surface area contributed by atoms with Gasteiger partial charge < -0.3 is 18.9 Å². The van der Waals surface area contributed by atoms with Gasteiger partial charge in [0.25, 0.3) is 0 Å². The van der Waals surface area contributed by atoms with Gasteiger partial charge in [-0.25, -0.2) is 4.79 Å². The lowest BCUT2D eigenvalue weighted by Gasteiger charge is -2.24. The molecule has 0 saturated carbocycles. The van der Waals surface area contributed by atoms with E-state index >= 15 is 0 Å². The molecule has 0 bridgehead atoms. The molecule has 1 amide bonds. The number of amides is 1.